The summed E-state index contributed by atoms with van der Waals surface area (Å²) in [5, 5.41) is 5.76. The molecule has 1 aromatic carbocycles. The molecule has 0 heterocycles. The molecule has 0 aliphatic heterocycles. The van der Waals surface area contributed by atoms with E-state index < -0.39 is 6.04 Å². The Morgan fingerprint density at radius 3 is 2.38 bits per heavy atom. The Balaban J connectivity index is 1.94. The van der Waals surface area contributed by atoms with Crippen molar-refractivity contribution < 1.29 is 9.59 Å². The van der Waals surface area contributed by atoms with Crippen molar-refractivity contribution in [1.82, 2.24) is 10.6 Å². The highest BCUT2D eigenvalue weighted by molar-refractivity contribution is 5.87. The van der Waals surface area contributed by atoms with Crippen molar-refractivity contribution >= 4 is 11.8 Å². The molecular formula is C17H24N2O2. The highest BCUT2D eigenvalue weighted by atomic mass is 16.2. The lowest BCUT2D eigenvalue weighted by Gasteiger charge is -2.23. The number of benzene rings is 1. The van der Waals surface area contributed by atoms with Crippen molar-refractivity contribution in [1.29, 1.82) is 0 Å². The zero-order valence-electron chi connectivity index (χ0n) is 12.8. The average molecular weight is 288 g/mol. The van der Waals surface area contributed by atoms with Crippen LogP contribution in [0.1, 0.15) is 43.7 Å². The summed E-state index contributed by atoms with van der Waals surface area (Å²) >= 11 is 0. The van der Waals surface area contributed by atoms with Crippen molar-refractivity contribution in [2.24, 2.45) is 5.92 Å². The summed E-state index contributed by atoms with van der Waals surface area (Å²) in [5.41, 5.74) is 2.27. The Labute approximate surface area is 126 Å². The Hall–Kier alpha value is -1.84. The number of hydrogen-bond donors (Lipinski definition) is 2. The third kappa shape index (κ3) is 4.59. The van der Waals surface area contributed by atoms with Crippen LogP contribution >= 0.6 is 0 Å². The van der Waals surface area contributed by atoms with Crippen molar-refractivity contribution in [3.8, 4) is 0 Å². The van der Waals surface area contributed by atoms with Crippen LogP contribution in [0.2, 0.25) is 0 Å². The summed E-state index contributed by atoms with van der Waals surface area (Å²) in [6.45, 7) is 4.01. The van der Waals surface area contributed by atoms with Gasteiger partial charge in [0.25, 0.3) is 0 Å². The number of aryl methyl sites for hydroxylation is 1. The van der Waals surface area contributed by atoms with Gasteiger partial charge < -0.3 is 10.6 Å². The zero-order chi connectivity index (χ0) is 15.2. The molecule has 1 aliphatic rings. The van der Waals surface area contributed by atoms with Crippen LogP contribution in [0, 0.1) is 12.8 Å². The van der Waals surface area contributed by atoms with Gasteiger partial charge in [-0.25, -0.2) is 0 Å². The fraction of sp³-hybridized carbons (Fsp3) is 0.529. The smallest absolute Gasteiger partial charge is 0.243 e. The van der Waals surface area contributed by atoms with E-state index in [2.05, 4.69) is 10.6 Å². The van der Waals surface area contributed by atoms with Crippen LogP contribution in [-0.2, 0) is 16.1 Å². The normalized spacial score (nSPS) is 16.5. The molecule has 0 bridgehead atoms. The average Bonchev–Trinajstić information content (AvgIpc) is 2.97. The predicted octanol–water partition coefficient (Wildman–Crippen LogP) is 2.31. The molecule has 2 N–H and O–H groups in total. The maximum atomic E-state index is 12.4. The van der Waals surface area contributed by atoms with Crippen LogP contribution < -0.4 is 10.6 Å². The molecule has 1 fully saturated rings. The molecule has 1 aromatic rings. The minimum Gasteiger partial charge on any atom is -0.350 e. The first-order chi connectivity index (χ1) is 10.1. The fourth-order valence-electron chi connectivity index (χ4n) is 2.91. The van der Waals surface area contributed by atoms with Crippen LogP contribution in [0.3, 0.4) is 0 Å². The number of rotatable bonds is 5. The second-order valence-electron chi connectivity index (χ2n) is 5.93. The molecular weight excluding hydrogens is 264 g/mol. The van der Waals surface area contributed by atoms with E-state index in [1.807, 2.05) is 31.2 Å². The molecule has 1 saturated carbocycles. The molecule has 0 unspecified atom stereocenters. The van der Waals surface area contributed by atoms with Gasteiger partial charge in [0.05, 0.1) is 0 Å². The van der Waals surface area contributed by atoms with Crippen LogP contribution in [0.25, 0.3) is 0 Å². The number of carbonyl (C=O) groups is 2. The maximum absolute atomic E-state index is 12.4. The summed E-state index contributed by atoms with van der Waals surface area (Å²) in [6.07, 6.45) is 4.32. The molecule has 2 rings (SSSR count). The van der Waals surface area contributed by atoms with Crippen molar-refractivity contribution in [3.63, 3.8) is 0 Å². The fourth-order valence-corrected chi connectivity index (χ4v) is 2.91. The molecule has 4 heteroatoms. The minimum atomic E-state index is -0.393. The van der Waals surface area contributed by atoms with Gasteiger partial charge in [-0.05, 0) is 31.2 Å². The quantitative estimate of drug-likeness (QED) is 0.873. The van der Waals surface area contributed by atoms with Gasteiger partial charge in [0.2, 0.25) is 11.8 Å². The first-order valence-corrected chi connectivity index (χ1v) is 7.66. The van der Waals surface area contributed by atoms with E-state index in [1.165, 1.54) is 12.5 Å². The summed E-state index contributed by atoms with van der Waals surface area (Å²) in [6, 6.07) is 7.69. The van der Waals surface area contributed by atoms with E-state index >= 15 is 0 Å². The predicted molar refractivity (Wildman–Crippen MR) is 82.6 cm³/mol. The third-order valence-electron chi connectivity index (χ3n) is 4.10. The zero-order valence-corrected chi connectivity index (χ0v) is 12.8. The summed E-state index contributed by atoms with van der Waals surface area (Å²) in [4.78, 5) is 23.7. The Morgan fingerprint density at radius 2 is 1.81 bits per heavy atom. The van der Waals surface area contributed by atoms with Gasteiger partial charge in [-0.3, -0.25) is 9.59 Å². The van der Waals surface area contributed by atoms with E-state index in [0.717, 1.165) is 31.2 Å². The molecule has 21 heavy (non-hydrogen) atoms. The Bertz CT molecular complexity index is 490. The van der Waals surface area contributed by atoms with Gasteiger partial charge in [0.15, 0.2) is 0 Å². The van der Waals surface area contributed by atoms with E-state index in [1.54, 1.807) is 0 Å². The van der Waals surface area contributed by atoms with Crippen LogP contribution in [-0.4, -0.2) is 17.9 Å². The highest BCUT2D eigenvalue weighted by Gasteiger charge is 2.30. The number of amides is 2. The lowest BCUT2D eigenvalue weighted by molar-refractivity contribution is -0.129. The second kappa shape index (κ2) is 7.25. The molecule has 1 atom stereocenters. The van der Waals surface area contributed by atoms with Gasteiger partial charge in [-0.15, -0.1) is 0 Å². The lowest BCUT2D eigenvalue weighted by atomic mass is 9.97. The molecule has 2 amide bonds. The molecule has 0 radical (unpaired) electrons. The summed E-state index contributed by atoms with van der Waals surface area (Å²) in [5.74, 6) is 0.0574. The van der Waals surface area contributed by atoms with Crippen molar-refractivity contribution in [2.75, 3.05) is 0 Å². The number of carbonyl (C=O) groups excluding carboxylic acids is 2. The van der Waals surface area contributed by atoms with E-state index in [0.29, 0.717) is 6.54 Å². The number of hydrogen-bond acceptors (Lipinski definition) is 2. The maximum Gasteiger partial charge on any atom is 0.243 e. The van der Waals surface area contributed by atoms with Crippen LogP contribution in [0.15, 0.2) is 24.3 Å². The topological polar surface area (TPSA) is 58.2 Å². The second-order valence-corrected chi connectivity index (χ2v) is 5.93. The van der Waals surface area contributed by atoms with Gasteiger partial charge in [0.1, 0.15) is 6.04 Å². The summed E-state index contributed by atoms with van der Waals surface area (Å²) < 4.78 is 0. The van der Waals surface area contributed by atoms with Gasteiger partial charge >= 0.3 is 0 Å². The van der Waals surface area contributed by atoms with Gasteiger partial charge in [0, 0.05) is 13.5 Å². The van der Waals surface area contributed by atoms with Crippen LogP contribution in [0.4, 0.5) is 0 Å². The van der Waals surface area contributed by atoms with E-state index in [4.69, 9.17) is 0 Å². The number of nitrogens with one attached hydrogen (secondary N) is 2. The molecule has 0 saturated heterocycles. The largest absolute Gasteiger partial charge is 0.350 e. The Kier molecular flexibility index (Phi) is 5.37. The first kappa shape index (κ1) is 15.5. The van der Waals surface area contributed by atoms with Crippen molar-refractivity contribution in [3.05, 3.63) is 35.4 Å². The molecule has 114 valence electrons. The monoisotopic (exact) mass is 288 g/mol. The third-order valence-corrected chi connectivity index (χ3v) is 4.10. The molecule has 4 nitrogen and oxygen atoms in total. The Morgan fingerprint density at radius 1 is 1.19 bits per heavy atom. The molecule has 1 aliphatic carbocycles. The molecule has 0 spiro atoms. The SMILES string of the molecule is CC(=O)N[C@H](C(=O)NCc1ccc(C)cc1)C1CCCC1. The lowest BCUT2D eigenvalue weighted by Crippen LogP contribution is -2.49. The van der Waals surface area contributed by atoms with Gasteiger partial charge in [-0.2, -0.15) is 0 Å². The van der Waals surface area contributed by atoms with Crippen LogP contribution in [0.5, 0.6) is 0 Å². The van der Waals surface area contributed by atoms with Gasteiger partial charge in [-0.1, -0.05) is 42.7 Å². The summed E-state index contributed by atoms with van der Waals surface area (Å²) in [7, 11) is 0. The first-order valence-electron chi connectivity index (χ1n) is 7.66. The molecule has 0 aromatic heterocycles. The van der Waals surface area contributed by atoms with Crippen molar-refractivity contribution in [2.45, 2.75) is 52.1 Å². The van der Waals surface area contributed by atoms with E-state index in [-0.39, 0.29) is 17.7 Å². The highest BCUT2D eigenvalue weighted by Crippen LogP contribution is 2.27. The van der Waals surface area contributed by atoms with E-state index in [9.17, 15) is 9.59 Å². The standard InChI is InChI=1S/C17H24N2O2/c1-12-7-9-14(10-8-12)11-18-17(21)16(19-13(2)20)15-5-3-4-6-15/h7-10,15-16H,3-6,11H2,1-2H3,(H,18,21)(H,19,20)/t16-/m0/s1. The minimum absolute atomic E-state index is 0.0716.